The Labute approximate surface area is 93.9 Å². The second kappa shape index (κ2) is 4.12. The third-order valence-electron chi connectivity index (χ3n) is 2.12. The van der Waals surface area contributed by atoms with Gasteiger partial charge >= 0.3 is 0 Å². The van der Waals surface area contributed by atoms with Gasteiger partial charge in [0.15, 0.2) is 0 Å². The Hall–Kier alpha value is -2.57. The zero-order valence-corrected chi connectivity index (χ0v) is 8.38. The van der Waals surface area contributed by atoms with Gasteiger partial charge in [-0.15, -0.1) is 0 Å². The van der Waals surface area contributed by atoms with Crippen LogP contribution in [0.25, 0.3) is 11.3 Å². The van der Waals surface area contributed by atoms with Crippen molar-refractivity contribution in [3.63, 3.8) is 0 Å². The van der Waals surface area contributed by atoms with E-state index in [9.17, 15) is 19.3 Å². The molecule has 0 saturated carbocycles. The van der Waals surface area contributed by atoms with Crippen LogP contribution in [0.4, 0.5) is 10.1 Å². The average molecular weight is 235 g/mol. The first kappa shape index (κ1) is 10.9. The molecule has 0 fully saturated rings. The summed E-state index contributed by atoms with van der Waals surface area (Å²) >= 11 is 0. The molecular weight excluding hydrogens is 229 g/mol. The highest BCUT2D eigenvalue weighted by Gasteiger charge is 2.15. The highest BCUT2D eigenvalue weighted by molar-refractivity contribution is 5.62. The van der Waals surface area contributed by atoms with Crippen LogP contribution in [-0.4, -0.2) is 14.9 Å². The van der Waals surface area contributed by atoms with Gasteiger partial charge in [0.1, 0.15) is 11.5 Å². The number of rotatable bonds is 2. The minimum absolute atomic E-state index is 0.186. The molecule has 1 aromatic carbocycles. The predicted octanol–water partition coefficient (Wildman–Crippen LogP) is 1.48. The van der Waals surface area contributed by atoms with Crippen molar-refractivity contribution in [1.29, 1.82) is 0 Å². The number of non-ortho nitro benzene ring substituents is 1. The molecule has 0 aliphatic carbocycles. The number of hydrogen-bond acceptors (Lipinski definition) is 4. The van der Waals surface area contributed by atoms with Gasteiger partial charge in [-0.3, -0.25) is 14.9 Å². The van der Waals surface area contributed by atoms with Gasteiger partial charge in [-0.1, -0.05) is 0 Å². The van der Waals surface area contributed by atoms with Crippen molar-refractivity contribution in [3.05, 3.63) is 56.9 Å². The number of halogens is 1. The molecule has 0 amide bonds. The molecule has 0 saturated heterocycles. The van der Waals surface area contributed by atoms with Crippen molar-refractivity contribution in [2.75, 3.05) is 0 Å². The van der Waals surface area contributed by atoms with E-state index in [1.165, 1.54) is 12.4 Å². The minimum atomic E-state index is -0.736. The van der Waals surface area contributed by atoms with Crippen LogP contribution in [0.5, 0.6) is 0 Å². The molecule has 0 radical (unpaired) electrons. The fraction of sp³-hybridized carbons (Fsp3) is 0. The Bertz CT molecular complexity index is 639. The van der Waals surface area contributed by atoms with Crippen LogP contribution in [0, 0.1) is 15.9 Å². The van der Waals surface area contributed by atoms with Gasteiger partial charge in [-0.05, 0) is 6.07 Å². The molecule has 0 aliphatic rings. The summed E-state index contributed by atoms with van der Waals surface area (Å²) < 4.78 is 13.5. The summed E-state index contributed by atoms with van der Waals surface area (Å²) in [6, 6.07) is 2.93. The number of aromatic nitrogens is 2. The average Bonchev–Trinajstić information content (AvgIpc) is 2.30. The van der Waals surface area contributed by atoms with Gasteiger partial charge in [0.05, 0.1) is 4.92 Å². The summed E-state index contributed by atoms with van der Waals surface area (Å²) in [6.07, 6.45) is 2.57. The highest BCUT2D eigenvalue weighted by atomic mass is 19.1. The number of hydrogen-bond donors (Lipinski definition) is 1. The van der Waals surface area contributed by atoms with Crippen LogP contribution in [0.2, 0.25) is 0 Å². The van der Waals surface area contributed by atoms with Crippen LogP contribution in [-0.2, 0) is 0 Å². The van der Waals surface area contributed by atoms with Gasteiger partial charge in [0, 0.05) is 30.1 Å². The fourth-order valence-corrected chi connectivity index (χ4v) is 1.35. The Morgan fingerprint density at radius 2 is 2.18 bits per heavy atom. The normalized spacial score (nSPS) is 10.2. The van der Waals surface area contributed by atoms with Crippen molar-refractivity contribution >= 4 is 5.69 Å². The van der Waals surface area contributed by atoms with Crippen molar-refractivity contribution < 1.29 is 9.31 Å². The van der Waals surface area contributed by atoms with Crippen LogP contribution >= 0.6 is 0 Å². The quantitative estimate of drug-likeness (QED) is 0.630. The molecule has 86 valence electrons. The molecule has 1 N–H and O–H groups in total. The lowest BCUT2D eigenvalue weighted by Gasteiger charge is -2.00. The number of H-pyrrole nitrogens is 1. The SMILES string of the molecule is O=c1[nH]ccnc1-c1cc([N+](=O)[O-])ccc1F. The third kappa shape index (κ3) is 2.03. The Morgan fingerprint density at radius 1 is 1.41 bits per heavy atom. The minimum Gasteiger partial charge on any atom is -0.326 e. The standard InChI is InChI=1S/C10H6FN3O3/c11-8-2-1-6(14(16)17)5-7(8)9-10(15)13-4-3-12-9/h1-5H,(H,13,15). The van der Waals surface area contributed by atoms with E-state index in [2.05, 4.69) is 9.97 Å². The Kier molecular flexibility index (Phi) is 2.65. The summed E-state index contributed by atoms with van der Waals surface area (Å²) in [4.78, 5) is 27.3. The van der Waals surface area contributed by atoms with Crippen molar-refractivity contribution in [2.45, 2.75) is 0 Å². The van der Waals surface area contributed by atoms with E-state index in [1.807, 2.05) is 0 Å². The molecule has 0 spiro atoms. The second-order valence-corrected chi connectivity index (χ2v) is 3.19. The first-order valence-electron chi connectivity index (χ1n) is 4.57. The van der Waals surface area contributed by atoms with Crippen molar-refractivity contribution in [1.82, 2.24) is 9.97 Å². The monoisotopic (exact) mass is 235 g/mol. The number of aromatic amines is 1. The molecule has 2 aromatic rings. The van der Waals surface area contributed by atoms with Crippen molar-refractivity contribution in [3.8, 4) is 11.3 Å². The van der Waals surface area contributed by atoms with E-state index < -0.39 is 16.3 Å². The summed E-state index contributed by atoms with van der Waals surface area (Å²) in [5.41, 5.74) is -1.28. The lowest BCUT2D eigenvalue weighted by molar-refractivity contribution is -0.384. The molecule has 2 rings (SSSR count). The van der Waals surface area contributed by atoms with Crippen molar-refractivity contribution in [2.24, 2.45) is 0 Å². The largest absolute Gasteiger partial charge is 0.326 e. The van der Waals surface area contributed by atoms with E-state index >= 15 is 0 Å². The zero-order valence-electron chi connectivity index (χ0n) is 8.38. The number of nitro benzene ring substituents is 1. The summed E-state index contributed by atoms with van der Waals surface area (Å²) in [6.45, 7) is 0. The highest BCUT2D eigenvalue weighted by Crippen LogP contribution is 2.23. The van der Waals surface area contributed by atoms with Gasteiger partial charge < -0.3 is 4.98 Å². The second-order valence-electron chi connectivity index (χ2n) is 3.19. The molecular formula is C10H6FN3O3. The smallest absolute Gasteiger partial charge is 0.274 e. The van der Waals surface area contributed by atoms with Crippen LogP contribution in [0.1, 0.15) is 0 Å². The molecule has 0 unspecified atom stereocenters. The molecule has 6 nitrogen and oxygen atoms in total. The molecule has 0 atom stereocenters. The van der Waals surface area contributed by atoms with E-state index in [0.29, 0.717) is 0 Å². The van der Waals surface area contributed by atoms with Gasteiger partial charge in [-0.2, -0.15) is 0 Å². The topological polar surface area (TPSA) is 88.9 Å². The summed E-state index contributed by atoms with van der Waals surface area (Å²) in [5, 5.41) is 10.6. The van der Waals surface area contributed by atoms with Crippen LogP contribution in [0.15, 0.2) is 35.4 Å². The Balaban J connectivity index is 2.67. The predicted molar refractivity (Wildman–Crippen MR) is 56.9 cm³/mol. The molecule has 1 aromatic heterocycles. The maximum Gasteiger partial charge on any atom is 0.274 e. The molecule has 1 heterocycles. The summed E-state index contributed by atoms with van der Waals surface area (Å²) in [5.74, 6) is -0.736. The van der Waals surface area contributed by atoms with Gasteiger partial charge in [-0.25, -0.2) is 9.37 Å². The fourth-order valence-electron chi connectivity index (χ4n) is 1.35. The maximum absolute atomic E-state index is 13.5. The third-order valence-corrected chi connectivity index (χ3v) is 2.12. The lowest BCUT2D eigenvalue weighted by Crippen LogP contribution is -2.10. The first-order valence-corrected chi connectivity index (χ1v) is 4.57. The zero-order chi connectivity index (χ0) is 12.4. The van der Waals surface area contributed by atoms with Crippen LogP contribution < -0.4 is 5.56 Å². The van der Waals surface area contributed by atoms with Gasteiger partial charge in [0.25, 0.3) is 11.2 Å². The van der Waals surface area contributed by atoms with E-state index in [0.717, 1.165) is 18.2 Å². The van der Waals surface area contributed by atoms with E-state index in [-0.39, 0.29) is 16.9 Å². The Morgan fingerprint density at radius 3 is 2.82 bits per heavy atom. The lowest BCUT2D eigenvalue weighted by atomic mass is 10.1. The number of nitro groups is 1. The van der Waals surface area contributed by atoms with Gasteiger partial charge in [0.2, 0.25) is 0 Å². The number of benzene rings is 1. The molecule has 0 bridgehead atoms. The van der Waals surface area contributed by atoms with E-state index in [1.54, 1.807) is 0 Å². The maximum atomic E-state index is 13.5. The summed E-state index contributed by atoms with van der Waals surface area (Å²) in [7, 11) is 0. The van der Waals surface area contributed by atoms with Crippen LogP contribution in [0.3, 0.4) is 0 Å². The first-order chi connectivity index (χ1) is 8.09. The molecule has 17 heavy (non-hydrogen) atoms. The molecule has 0 aliphatic heterocycles. The number of nitrogens with one attached hydrogen (secondary N) is 1. The van der Waals surface area contributed by atoms with E-state index in [4.69, 9.17) is 0 Å². The number of nitrogens with zero attached hydrogens (tertiary/aromatic N) is 2. The molecule has 7 heteroatoms.